The first-order valence-corrected chi connectivity index (χ1v) is 13.2. The molecule has 186 valence electrons. The smallest absolute Gasteiger partial charge is 0.221 e. The number of nitrogens with zero attached hydrogens (tertiary/aromatic N) is 3. The van der Waals surface area contributed by atoms with Crippen LogP contribution in [0.15, 0.2) is 24.4 Å². The Bertz CT molecular complexity index is 949. The Labute approximate surface area is 205 Å². The molecular weight excluding hydrogens is 424 g/mol. The maximum atomic E-state index is 11.9. The first-order chi connectivity index (χ1) is 16.5. The lowest BCUT2D eigenvalue weighted by molar-refractivity contribution is -0.114. The summed E-state index contributed by atoms with van der Waals surface area (Å²) in [6, 6.07) is 5.93. The Morgan fingerprint density at radius 1 is 1.12 bits per heavy atom. The minimum absolute atomic E-state index is 0.0840. The van der Waals surface area contributed by atoms with E-state index < -0.39 is 0 Å². The van der Waals surface area contributed by atoms with Crippen molar-refractivity contribution in [3.8, 4) is 5.75 Å². The summed E-state index contributed by atoms with van der Waals surface area (Å²) in [5.74, 6) is 2.45. The molecule has 2 aromatic rings. The molecule has 0 unspecified atom stereocenters. The fourth-order valence-corrected chi connectivity index (χ4v) is 5.80. The Hall–Kier alpha value is -2.34. The van der Waals surface area contributed by atoms with Crippen LogP contribution in [0.4, 0.5) is 11.4 Å². The van der Waals surface area contributed by atoms with E-state index in [1.807, 2.05) is 18.2 Å². The number of ether oxygens (including phenoxy) is 1. The highest BCUT2D eigenvalue weighted by molar-refractivity contribution is 6.03. The van der Waals surface area contributed by atoms with Gasteiger partial charge in [-0.3, -0.25) is 9.78 Å². The molecule has 2 aliphatic rings. The molecular formula is C28H42N4O2. The molecule has 1 aliphatic heterocycles. The molecule has 1 N–H and O–H groups in total. The van der Waals surface area contributed by atoms with Crippen LogP contribution in [0.1, 0.15) is 64.7 Å². The van der Waals surface area contributed by atoms with E-state index in [2.05, 4.69) is 27.1 Å². The van der Waals surface area contributed by atoms with E-state index in [9.17, 15) is 4.79 Å². The second-order valence-electron chi connectivity index (χ2n) is 10.4. The Balaban J connectivity index is 1.34. The van der Waals surface area contributed by atoms with E-state index in [0.29, 0.717) is 0 Å². The van der Waals surface area contributed by atoms with Gasteiger partial charge in [0.05, 0.1) is 30.2 Å². The minimum Gasteiger partial charge on any atom is -0.497 e. The van der Waals surface area contributed by atoms with Crippen molar-refractivity contribution in [2.45, 2.75) is 64.7 Å². The number of nitrogens with one attached hydrogen (secondary N) is 1. The molecule has 1 amide bonds. The standard InChI is InChI=1S/C28H42N4O2/c1-21(33)30-27-20-29-26-10-9-24(34-3)19-25(26)28(27)31(2)15-11-23-13-17-32(18-14-23)16-12-22-7-5-4-6-8-22/h9-10,19-20,22-23H,4-8,11-18H2,1-3H3,(H,30,33). The zero-order valence-corrected chi connectivity index (χ0v) is 21.3. The number of hydrogen-bond acceptors (Lipinski definition) is 5. The highest BCUT2D eigenvalue weighted by Crippen LogP contribution is 2.35. The van der Waals surface area contributed by atoms with Crippen molar-refractivity contribution in [3.05, 3.63) is 24.4 Å². The van der Waals surface area contributed by atoms with Crippen LogP contribution in [0.3, 0.4) is 0 Å². The van der Waals surface area contributed by atoms with Crippen molar-refractivity contribution in [1.82, 2.24) is 9.88 Å². The number of piperidine rings is 1. The molecule has 1 aromatic carbocycles. The van der Waals surface area contributed by atoms with E-state index in [4.69, 9.17) is 4.74 Å². The molecule has 34 heavy (non-hydrogen) atoms. The van der Waals surface area contributed by atoms with Gasteiger partial charge < -0.3 is 19.9 Å². The molecule has 0 radical (unpaired) electrons. The van der Waals surface area contributed by atoms with Crippen LogP contribution in [0.2, 0.25) is 0 Å². The van der Waals surface area contributed by atoms with Crippen LogP contribution in [-0.4, -0.2) is 56.1 Å². The molecule has 0 spiro atoms. The number of amides is 1. The number of benzene rings is 1. The van der Waals surface area contributed by atoms with Crippen LogP contribution in [-0.2, 0) is 4.79 Å². The summed E-state index contributed by atoms with van der Waals surface area (Å²) >= 11 is 0. The van der Waals surface area contributed by atoms with Gasteiger partial charge in [0.1, 0.15) is 5.75 Å². The molecule has 6 heteroatoms. The largest absolute Gasteiger partial charge is 0.497 e. The lowest BCUT2D eigenvalue weighted by atomic mass is 9.86. The van der Waals surface area contributed by atoms with Crippen LogP contribution < -0.4 is 15.0 Å². The van der Waals surface area contributed by atoms with Crippen molar-refractivity contribution in [2.75, 3.05) is 50.6 Å². The quantitative estimate of drug-likeness (QED) is 0.513. The van der Waals surface area contributed by atoms with Gasteiger partial charge in [-0.2, -0.15) is 0 Å². The third kappa shape index (κ3) is 6.41. The molecule has 4 rings (SSSR count). The summed E-state index contributed by atoms with van der Waals surface area (Å²) in [5, 5.41) is 3.98. The van der Waals surface area contributed by atoms with E-state index in [1.165, 1.54) is 77.4 Å². The van der Waals surface area contributed by atoms with Crippen molar-refractivity contribution in [2.24, 2.45) is 11.8 Å². The van der Waals surface area contributed by atoms with Gasteiger partial charge in [0.15, 0.2) is 0 Å². The monoisotopic (exact) mass is 466 g/mol. The predicted molar refractivity (Wildman–Crippen MR) is 141 cm³/mol. The molecule has 1 aliphatic carbocycles. The SMILES string of the molecule is COc1ccc2ncc(NC(C)=O)c(N(C)CCC3CCN(CCC4CCCCC4)CC3)c2c1. The number of aromatic nitrogens is 1. The van der Waals surface area contributed by atoms with Gasteiger partial charge in [0.25, 0.3) is 0 Å². The molecule has 0 bridgehead atoms. The second-order valence-corrected chi connectivity index (χ2v) is 10.4. The number of likely N-dealkylation sites (tertiary alicyclic amines) is 1. The lowest BCUT2D eigenvalue weighted by Gasteiger charge is -2.34. The van der Waals surface area contributed by atoms with Gasteiger partial charge in [0.2, 0.25) is 5.91 Å². The van der Waals surface area contributed by atoms with E-state index in [-0.39, 0.29) is 5.91 Å². The number of anilines is 2. The van der Waals surface area contributed by atoms with Gasteiger partial charge in [0, 0.05) is 25.9 Å². The molecule has 1 saturated carbocycles. The second kappa shape index (κ2) is 11.9. The maximum Gasteiger partial charge on any atom is 0.221 e. The third-order valence-corrected chi connectivity index (χ3v) is 7.90. The fourth-order valence-electron chi connectivity index (χ4n) is 5.80. The summed E-state index contributed by atoms with van der Waals surface area (Å²) in [4.78, 5) is 21.4. The van der Waals surface area contributed by atoms with Crippen molar-refractivity contribution in [1.29, 1.82) is 0 Å². The number of fused-ring (bicyclic) bond motifs is 1. The number of pyridine rings is 1. The number of hydrogen-bond donors (Lipinski definition) is 1. The Kier molecular flexibility index (Phi) is 8.65. The first kappa shape index (κ1) is 24.8. The Morgan fingerprint density at radius 2 is 1.85 bits per heavy atom. The fraction of sp³-hybridized carbons (Fsp3) is 0.643. The number of carbonyl (C=O) groups excluding carboxylic acids is 1. The molecule has 1 saturated heterocycles. The normalized spacial score (nSPS) is 18.2. The van der Waals surface area contributed by atoms with Crippen molar-refractivity contribution < 1.29 is 9.53 Å². The lowest BCUT2D eigenvalue weighted by Crippen LogP contribution is -2.36. The Morgan fingerprint density at radius 3 is 2.56 bits per heavy atom. The minimum atomic E-state index is -0.0840. The van der Waals surface area contributed by atoms with E-state index >= 15 is 0 Å². The van der Waals surface area contributed by atoms with Gasteiger partial charge in [-0.05, 0) is 75.4 Å². The molecule has 0 atom stereocenters. The highest BCUT2D eigenvalue weighted by atomic mass is 16.5. The summed E-state index contributed by atoms with van der Waals surface area (Å²) in [6.07, 6.45) is 14.2. The summed E-state index contributed by atoms with van der Waals surface area (Å²) < 4.78 is 5.46. The molecule has 2 heterocycles. The topological polar surface area (TPSA) is 57.7 Å². The zero-order chi connectivity index (χ0) is 23.9. The van der Waals surface area contributed by atoms with Gasteiger partial charge in [-0.15, -0.1) is 0 Å². The molecule has 6 nitrogen and oxygen atoms in total. The van der Waals surface area contributed by atoms with Crippen LogP contribution >= 0.6 is 0 Å². The van der Waals surface area contributed by atoms with Crippen LogP contribution in [0.25, 0.3) is 10.9 Å². The number of methoxy groups -OCH3 is 1. The third-order valence-electron chi connectivity index (χ3n) is 7.90. The zero-order valence-electron chi connectivity index (χ0n) is 21.3. The first-order valence-electron chi connectivity index (χ1n) is 13.2. The van der Waals surface area contributed by atoms with Crippen molar-refractivity contribution in [3.63, 3.8) is 0 Å². The van der Waals surface area contributed by atoms with E-state index in [0.717, 1.165) is 46.4 Å². The average molecular weight is 467 g/mol. The summed E-state index contributed by atoms with van der Waals surface area (Å²) in [7, 11) is 3.80. The van der Waals surface area contributed by atoms with Gasteiger partial charge >= 0.3 is 0 Å². The number of rotatable bonds is 9. The predicted octanol–water partition coefficient (Wildman–Crippen LogP) is 5.71. The summed E-state index contributed by atoms with van der Waals surface area (Å²) in [5.41, 5.74) is 2.68. The highest BCUT2D eigenvalue weighted by Gasteiger charge is 2.22. The number of carbonyl (C=O) groups is 1. The maximum absolute atomic E-state index is 11.9. The van der Waals surface area contributed by atoms with Gasteiger partial charge in [-0.25, -0.2) is 0 Å². The molecule has 1 aromatic heterocycles. The van der Waals surface area contributed by atoms with Crippen molar-refractivity contribution >= 4 is 28.2 Å². The van der Waals surface area contributed by atoms with Gasteiger partial charge in [-0.1, -0.05) is 32.1 Å². The van der Waals surface area contributed by atoms with E-state index in [1.54, 1.807) is 20.2 Å². The molecule has 2 fully saturated rings. The average Bonchev–Trinajstić information content (AvgIpc) is 2.86. The summed E-state index contributed by atoms with van der Waals surface area (Å²) in [6.45, 7) is 6.28. The van der Waals surface area contributed by atoms with Crippen LogP contribution in [0.5, 0.6) is 5.75 Å². The van der Waals surface area contributed by atoms with Crippen LogP contribution in [0, 0.1) is 11.8 Å².